The van der Waals surface area contributed by atoms with Gasteiger partial charge in [0.25, 0.3) is 0 Å². The van der Waals surface area contributed by atoms with E-state index in [0.717, 1.165) is 38.6 Å². The summed E-state index contributed by atoms with van der Waals surface area (Å²) in [6, 6.07) is 12.0. The average molecular weight is 557 g/mol. The van der Waals surface area contributed by atoms with Gasteiger partial charge in [0.15, 0.2) is 5.96 Å². The first-order valence-corrected chi connectivity index (χ1v) is 11.7. The van der Waals surface area contributed by atoms with Crippen molar-refractivity contribution >= 4 is 35.8 Å². The van der Waals surface area contributed by atoms with Gasteiger partial charge < -0.3 is 15.5 Å². The molecule has 3 atom stereocenters. The lowest BCUT2D eigenvalue weighted by Crippen LogP contribution is -2.49. The topological polar surface area (TPSA) is 63.2 Å². The lowest BCUT2D eigenvalue weighted by atomic mass is 10.2. The second-order valence-corrected chi connectivity index (χ2v) is 9.10. The van der Waals surface area contributed by atoms with Crippen molar-refractivity contribution in [3.8, 4) is 0 Å². The molecule has 0 saturated carbocycles. The number of aliphatic imine (C=N–C) groups is 1. The Hall–Kier alpha value is -1.39. The summed E-state index contributed by atoms with van der Waals surface area (Å²) < 4.78 is 0. The predicted octanol–water partition coefficient (Wildman–Crippen LogP) is 2.38. The molecule has 2 N–H and O–H groups in total. The summed E-state index contributed by atoms with van der Waals surface area (Å²) >= 11 is 0. The first kappa shape index (κ1) is 26.9. The molecule has 180 valence electrons. The van der Waals surface area contributed by atoms with Gasteiger partial charge >= 0.3 is 0 Å². The van der Waals surface area contributed by atoms with E-state index in [2.05, 4.69) is 69.6 Å². The molecule has 2 heterocycles. The van der Waals surface area contributed by atoms with Crippen LogP contribution >= 0.6 is 24.0 Å². The van der Waals surface area contributed by atoms with Crippen molar-refractivity contribution in [1.29, 1.82) is 0 Å². The van der Waals surface area contributed by atoms with Crippen LogP contribution < -0.4 is 10.6 Å². The molecule has 8 heteroatoms. The molecule has 32 heavy (non-hydrogen) atoms. The minimum absolute atomic E-state index is 0. The normalized spacial score (nSPS) is 24.2. The molecule has 0 aliphatic carbocycles. The summed E-state index contributed by atoms with van der Waals surface area (Å²) in [6.07, 6.45) is 3.55. The van der Waals surface area contributed by atoms with Crippen LogP contribution in [0.5, 0.6) is 0 Å². The van der Waals surface area contributed by atoms with Crippen molar-refractivity contribution < 1.29 is 4.79 Å². The maximum atomic E-state index is 12.1. The van der Waals surface area contributed by atoms with Crippen LogP contribution in [0, 0.1) is 0 Å². The number of carbonyl (C=O) groups excluding carboxylic acids is 1. The van der Waals surface area contributed by atoms with Crippen LogP contribution in [0.25, 0.3) is 0 Å². The van der Waals surface area contributed by atoms with Gasteiger partial charge in [0.05, 0.1) is 0 Å². The second kappa shape index (κ2) is 13.3. The van der Waals surface area contributed by atoms with Gasteiger partial charge in [-0.15, -0.1) is 24.0 Å². The number of rotatable bonds is 8. The van der Waals surface area contributed by atoms with Crippen LogP contribution in [0.3, 0.4) is 0 Å². The van der Waals surface area contributed by atoms with Crippen molar-refractivity contribution in [2.75, 3.05) is 46.8 Å². The van der Waals surface area contributed by atoms with Gasteiger partial charge in [0.2, 0.25) is 5.91 Å². The third-order valence-electron chi connectivity index (χ3n) is 6.55. The molecule has 0 bridgehead atoms. The molecule has 2 aliphatic heterocycles. The Morgan fingerprint density at radius 2 is 1.97 bits per heavy atom. The fourth-order valence-corrected chi connectivity index (χ4v) is 4.63. The highest BCUT2D eigenvalue weighted by Crippen LogP contribution is 2.20. The number of likely N-dealkylation sites (tertiary alicyclic amines) is 2. The number of amides is 1. The minimum atomic E-state index is 0. The van der Waals surface area contributed by atoms with Crippen LogP contribution in [-0.2, 0) is 11.3 Å². The van der Waals surface area contributed by atoms with E-state index < -0.39 is 0 Å². The summed E-state index contributed by atoms with van der Waals surface area (Å²) in [5, 5.41) is 7.16. The summed E-state index contributed by atoms with van der Waals surface area (Å²) in [5.74, 6) is 0.777. The van der Waals surface area contributed by atoms with Crippen LogP contribution in [0.2, 0.25) is 0 Å². The van der Waals surface area contributed by atoms with Gasteiger partial charge in [-0.1, -0.05) is 37.3 Å². The van der Waals surface area contributed by atoms with Gasteiger partial charge in [-0.3, -0.25) is 14.6 Å². The SMILES string of the molecule is CCN1CCCC1CNC(=NCC(=O)N(C)C)NC1CC(C)N(Cc2ccccc2)C1.I. The fraction of sp³-hybridized carbons (Fsp3) is 0.667. The Morgan fingerprint density at radius 3 is 2.66 bits per heavy atom. The van der Waals surface area contributed by atoms with Crippen molar-refractivity contribution in [3.05, 3.63) is 35.9 Å². The lowest BCUT2D eigenvalue weighted by molar-refractivity contribution is -0.127. The summed E-state index contributed by atoms with van der Waals surface area (Å²) in [5.41, 5.74) is 1.35. The van der Waals surface area contributed by atoms with E-state index in [1.807, 2.05) is 0 Å². The van der Waals surface area contributed by atoms with Crippen LogP contribution in [0.4, 0.5) is 0 Å². The molecule has 0 aromatic heterocycles. The first-order chi connectivity index (χ1) is 15.0. The highest BCUT2D eigenvalue weighted by molar-refractivity contribution is 14.0. The number of halogens is 1. The molecule has 2 saturated heterocycles. The number of benzene rings is 1. The molecule has 2 fully saturated rings. The Kier molecular flexibility index (Phi) is 11.2. The van der Waals surface area contributed by atoms with Crippen molar-refractivity contribution in [2.45, 2.75) is 57.8 Å². The highest BCUT2D eigenvalue weighted by Gasteiger charge is 2.30. The summed E-state index contributed by atoms with van der Waals surface area (Å²) in [4.78, 5) is 23.4. The minimum Gasteiger partial charge on any atom is -0.355 e. The van der Waals surface area contributed by atoms with Gasteiger partial charge in [-0.25, -0.2) is 4.99 Å². The third-order valence-corrected chi connectivity index (χ3v) is 6.55. The molecule has 7 nitrogen and oxygen atoms in total. The largest absolute Gasteiger partial charge is 0.355 e. The number of nitrogens with one attached hydrogen (secondary N) is 2. The van der Waals surface area contributed by atoms with E-state index in [1.54, 1.807) is 19.0 Å². The van der Waals surface area contributed by atoms with E-state index >= 15 is 0 Å². The van der Waals surface area contributed by atoms with E-state index in [-0.39, 0.29) is 36.4 Å². The smallest absolute Gasteiger partial charge is 0.243 e. The fourth-order valence-electron chi connectivity index (χ4n) is 4.63. The van der Waals surface area contributed by atoms with Crippen molar-refractivity contribution in [2.24, 2.45) is 4.99 Å². The van der Waals surface area contributed by atoms with Gasteiger partial charge in [0.1, 0.15) is 6.54 Å². The average Bonchev–Trinajstić information content (AvgIpc) is 3.36. The van der Waals surface area contributed by atoms with Gasteiger partial charge in [0, 0.05) is 51.9 Å². The van der Waals surface area contributed by atoms with Crippen molar-refractivity contribution in [3.63, 3.8) is 0 Å². The third kappa shape index (κ3) is 7.88. The molecule has 3 rings (SSSR count). The molecule has 0 spiro atoms. The first-order valence-electron chi connectivity index (χ1n) is 11.7. The van der Waals surface area contributed by atoms with E-state index in [1.165, 1.54) is 24.9 Å². The molecule has 1 aromatic rings. The zero-order chi connectivity index (χ0) is 22.2. The quantitative estimate of drug-likeness (QED) is 0.293. The lowest BCUT2D eigenvalue weighted by Gasteiger charge is -2.25. The molecular weight excluding hydrogens is 515 g/mol. The monoisotopic (exact) mass is 556 g/mol. The van der Waals surface area contributed by atoms with E-state index in [0.29, 0.717) is 18.1 Å². The Labute approximate surface area is 211 Å². The zero-order valence-electron chi connectivity index (χ0n) is 20.1. The predicted molar refractivity (Wildman–Crippen MR) is 143 cm³/mol. The molecule has 2 aliphatic rings. The highest BCUT2D eigenvalue weighted by atomic mass is 127. The van der Waals surface area contributed by atoms with Crippen molar-refractivity contribution in [1.82, 2.24) is 25.3 Å². The summed E-state index contributed by atoms with van der Waals surface area (Å²) in [6.45, 7) is 9.75. The zero-order valence-corrected chi connectivity index (χ0v) is 22.4. The maximum absolute atomic E-state index is 12.1. The number of guanidine groups is 1. The van der Waals surface area contributed by atoms with Crippen LogP contribution in [0.1, 0.15) is 38.7 Å². The number of likely N-dealkylation sites (N-methyl/N-ethyl adjacent to an activating group) is 2. The standard InChI is InChI=1S/C24H40N6O.HI/c1-5-29-13-9-12-22(29)15-25-24(26-16-23(31)28(3)4)27-21-14-19(2)30(18-21)17-20-10-7-6-8-11-20;/h6-8,10-11,19,21-22H,5,9,12-18H2,1-4H3,(H2,25,26,27);1H. The van der Waals surface area contributed by atoms with Crippen LogP contribution in [-0.4, -0.2) is 91.5 Å². The van der Waals surface area contributed by atoms with Gasteiger partial charge in [-0.05, 0) is 44.8 Å². The molecule has 1 aromatic carbocycles. The van der Waals surface area contributed by atoms with E-state index in [9.17, 15) is 4.79 Å². The summed E-state index contributed by atoms with van der Waals surface area (Å²) in [7, 11) is 3.55. The van der Waals surface area contributed by atoms with E-state index in [4.69, 9.17) is 0 Å². The second-order valence-electron chi connectivity index (χ2n) is 9.10. The number of hydrogen-bond acceptors (Lipinski definition) is 4. The molecule has 3 unspecified atom stereocenters. The Morgan fingerprint density at radius 1 is 1.22 bits per heavy atom. The molecule has 1 amide bonds. The Bertz CT molecular complexity index is 728. The number of hydrogen-bond donors (Lipinski definition) is 2. The Balaban J connectivity index is 0.00000363. The molecule has 0 radical (unpaired) electrons. The van der Waals surface area contributed by atoms with Gasteiger partial charge in [-0.2, -0.15) is 0 Å². The number of carbonyl (C=O) groups is 1. The van der Waals surface area contributed by atoms with Crippen LogP contribution in [0.15, 0.2) is 35.3 Å². The molecular formula is C24H41IN6O. The number of nitrogens with zero attached hydrogens (tertiary/aromatic N) is 4. The maximum Gasteiger partial charge on any atom is 0.243 e.